The average molecular weight is 366 g/mol. The van der Waals surface area contributed by atoms with E-state index in [0.29, 0.717) is 10.9 Å². The molecule has 1 atom stereocenters. The Hall–Kier alpha value is -2.52. The van der Waals surface area contributed by atoms with Gasteiger partial charge in [0, 0.05) is 12.3 Å². The Bertz CT molecular complexity index is 891. The van der Waals surface area contributed by atoms with Gasteiger partial charge in [-0.25, -0.2) is 4.98 Å². The molecule has 0 spiro atoms. The molecule has 0 bridgehead atoms. The number of halogens is 1. The van der Waals surface area contributed by atoms with Crippen molar-refractivity contribution in [3.63, 3.8) is 0 Å². The second-order valence-electron chi connectivity index (χ2n) is 6.43. The van der Waals surface area contributed by atoms with Crippen LogP contribution in [0.4, 0.5) is 0 Å². The molecule has 4 rings (SSSR count). The van der Waals surface area contributed by atoms with Gasteiger partial charge in [-0.1, -0.05) is 42.8 Å². The number of hydrogen-bond donors (Lipinski definition) is 0. The monoisotopic (exact) mass is 365 g/mol. The summed E-state index contributed by atoms with van der Waals surface area (Å²) in [5.41, 5.74) is 3.75. The van der Waals surface area contributed by atoms with Gasteiger partial charge in [0.05, 0.1) is 5.02 Å². The van der Waals surface area contributed by atoms with Crippen molar-refractivity contribution in [3.8, 4) is 17.4 Å². The van der Waals surface area contributed by atoms with Crippen molar-refractivity contribution in [2.75, 3.05) is 0 Å². The quantitative estimate of drug-likeness (QED) is 0.555. The van der Waals surface area contributed by atoms with E-state index < -0.39 is 0 Å². The SMILES string of the molecule is CCc1ccc(C2CCc3cc(Oc4ccc(Cl)cn4)ccc3O2)cc1. The molecule has 0 saturated heterocycles. The lowest BCUT2D eigenvalue weighted by Gasteiger charge is -2.27. The van der Waals surface area contributed by atoms with Crippen LogP contribution in [0, 0.1) is 0 Å². The third-order valence-corrected chi connectivity index (χ3v) is 4.88. The molecule has 26 heavy (non-hydrogen) atoms. The van der Waals surface area contributed by atoms with E-state index in [9.17, 15) is 0 Å². The topological polar surface area (TPSA) is 31.4 Å². The maximum Gasteiger partial charge on any atom is 0.219 e. The zero-order valence-corrected chi connectivity index (χ0v) is 15.4. The van der Waals surface area contributed by atoms with E-state index in [0.717, 1.165) is 36.3 Å². The predicted molar refractivity (Wildman–Crippen MR) is 103 cm³/mol. The standard InChI is InChI=1S/C22H20ClNO2/c1-2-15-3-5-16(6-4-15)20-10-7-17-13-19(9-11-21(17)26-20)25-22-12-8-18(23)14-24-22/h3-6,8-9,11-14,20H,2,7,10H2,1H3. The van der Waals surface area contributed by atoms with E-state index in [2.05, 4.69) is 36.2 Å². The Kier molecular flexibility index (Phi) is 4.81. The fourth-order valence-corrected chi connectivity index (χ4v) is 3.29. The third kappa shape index (κ3) is 3.68. The minimum atomic E-state index is 0.109. The Morgan fingerprint density at radius 3 is 2.69 bits per heavy atom. The number of nitrogens with zero attached hydrogens (tertiary/aromatic N) is 1. The number of rotatable bonds is 4. The highest BCUT2D eigenvalue weighted by atomic mass is 35.5. The molecule has 0 N–H and O–H groups in total. The molecular weight excluding hydrogens is 346 g/mol. The lowest BCUT2D eigenvalue weighted by molar-refractivity contribution is 0.176. The summed E-state index contributed by atoms with van der Waals surface area (Å²) in [6.45, 7) is 2.17. The van der Waals surface area contributed by atoms with E-state index >= 15 is 0 Å². The number of fused-ring (bicyclic) bond motifs is 1. The normalized spacial score (nSPS) is 15.8. The molecule has 3 aromatic rings. The minimum absolute atomic E-state index is 0.109. The average Bonchev–Trinajstić information content (AvgIpc) is 2.69. The third-order valence-electron chi connectivity index (χ3n) is 4.66. The molecule has 0 saturated carbocycles. The Morgan fingerprint density at radius 1 is 1.12 bits per heavy atom. The molecule has 132 valence electrons. The van der Waals surface area contributed by atoms with E-state index in [1.165, 1.54) is 11.1 Å². The molecule has 0 aliphatic carbocycles. The maximum atomic E-state index is 6.22. The van der Waals surface area contributed by atoms with Gasteiger partial charge in [0.1, 0.15) is 17.6 Å². The summed E-state index contributed by atoms with van der Waals surface area (Å²) in [7, 11) is 0. The summed E-state index contributed by atoms with van der Waals surface area (Å²) in [6.07, 6.45) is 4.66. The summed E-state index contributed by atoms with van der Waals surface area (Å²) < 4.78 is 12.0. The molecule has 1 aliphatic heterocycles. The Morgan fingerprint density at radius 2 is 1.96 bits per heavy atom. The molecule has 2 heterocycles. The molecule has 0 radical (unpaired) electrons. The fraction of sp³-hybridized carbons (Fsp3) is 0.227. The zero-order chi connectivity index (χ0) is 17.9. The molecule has 0 fully saturated rings. The highest BCUT2D eigenvalue weighted by molar-refractivity contribution is 6.30. The van der Waals surface area contributed by atoms with Crippen LogP contribution in [-0.4, -0.2) is 4.98 Å². The molecule has 0 amide bonds. The molecule has 3 nitrogen and oxygen atoms in total. The number of benzene rings is 2. The van der Waals surface area contributed by atoms with Crippen LogP contribution in [0.25, 0.3) is 0 Å². The number of hydrogen-bond acceptors (Lipinski definition) is 3. The first-order chi connectivity index (χ1) is 12.7. The number of aryl methyl sites for hydroxylation is 2. The number of ether oxygens (including phenoxy) is 2. The van der Waals surface area contributed by atoms with Crippen LogP contribution < -0.4 is 9.47 Å². The molecule has 2 aromatic carbocycles. The van der Waals surface area contributed by atoms with Crippen molar-refractivity contribution in [2.24, 2.45) is 0 Å². The Labute approximate surface area is 158 Å². The first-order valence-corrected chi connectivity index (χ1v) is 9.27. The lowest BCUT2D eigenvalue weighted by Crippen LogP contribution is -2.15. The van der Waals surface area contributed by atoms with Gasteiger partial charge in [0.25, 0.3) is 0 Å². The van der Waals surface area contributed by atoms with Crippen LogP contribution in [0.2, 0.25) is 5.02 Å². The Balaban J connectivity index is 1.49. The van der Waals surface area contributed by atoms with Crippen LogP contribution in [0.1, 0.15) is 36.1 Å². The van der Waals surface area contributed by atoms with Crippen LogP contribution in [0.3, 0.4) is 0 Å². The molecule has 4 heteroatoms. The van der Waals surface area contributed by atoms with Gasteiger partial charge in [-0.15, -0.1) is 0 Å². The molecule has 1 aliphatic rings. The molecule has 1 aromatic heterocycles. The van der Waals surface area contributed by atoms with Crippen molar-refractivity contribution in [3.05, 3.63) is 82.5 Å². The minimum Gasteiger partial charge on any atom is -0.485 e. The van der Waals surface area contributed by atoms with Gasteiger partial charge in [-0.2, -0.15) is 0 Å². The first kappa shape index (κ1) is 16.9. The summed E-state index contributed by atoms with van der Waals surface area (Å²) in [5.74, 6) is 2.21. The zero-order valence-electron chi connectivity index (χ0n) is 14.6. The highest BCUT2D eigenvalue weighted by Crippen LogP contribution is 2.37. The summed E-state index contributed by atoms with van der Waals surface area (Å²) >= 11 is 5.86. The largest absolute Gasteiger partial charge is 0.485 e. The van der Waals surface area contributed by atoms with Gasteiger partial charge in [0.2, 0.25) is 5.88 Å². The van der Waals surface area contributed by atoms with Crippen molar-refractivity contribution >= 4 is 11.6 Å². The summed E-state index contributed by atoms with van der Waals surface area (Å²) in [6, 6.07) is 18.2. The van der Waals surface area contributed by atoms with Gasteiger partial charge in [-0.3, -0.25) is 0 Å². The predicted octanol–water partition coefficient (Wildman–Crippen LogP) is 6.16. The second-order valence-corrected chi connectivity index (χ2v) is 6.86. The van der Waals surface area contributed by atoms with Crippen molar-refractivity contribution < 1.29 is 9.47 Å². The smallest absolute Gasteiger partial charge is 0.219 e. The van der Waals surface area contributed by atoms with Crippen molar-refractivity contribution in [1.82, 2.24) is 4.98 Å². The van der Waals surface area contributed by atoms with Crippen molar-refractivity contribution in [1.29, 1.82) is 0 Å². The number of aromatic nitrogens is 1. The summed E-state index contributed by atoms with van der Waals surface area (Å²) in [5, 5.41) is 0.592. The first-order valence-electron chi connectivity index (χ1n) is 8.89. The van der Waals surface area contributed by atoms with Gasteiger partial charge < -0.3 is 9.47 Å². The molecule has 1 unspecified atom stereocenters. The fourth-order valence-electron chi connectivity index (χ4n) is 3.17. The van der Waals surface area contributed by atoms with Crippen LogP contribution in [0.15, 0.2) is 60.8 Å². The van der Waals surface area contributed by atoms with E-state index in [4.69, 9.17) is 21.1 Å². The van der Waals surface area contributed by atoms with E-state index in [-0.39, 0.29) is 6.10 Å². The summed E-state index contributed by atoms with van der Waals surface area (Å²) in [4.78, 5) is 4.17. The van der Waals surface area contributed by atoms with Crippen molar-refractivity contribution in [2.45, 2.75) is 32.3 Å². The van der Waals surface area contributed by atoms with Crippen LogP contribution in [0.5, 0.6) is 17.4 Å². The van der Waals surface area contributed by atoms with Gasteiger partial charge >= 0.3 is 0 Å². The lowest BCUT2D eigenvalue weighted by atomic mass is 9.96. The molecular formula is C22H20ClNO2. The van der Waals surface area contributed by atoms with Crippen LogP contribution >= 0.6 is 11.6 Å². The number of pyridine rings is 1. The van der Waals surface area contributed by atoms with E-state index in [1.807, 2.05) is 18.2 Å². The highest BCUT2D eigenvalue weighted by Gasteiger charge is 2.21. The second kappa shape index (κ2) is 7.38. The van der Waals surface area contributed by atoms with E-state index in [1.54, 1.807) is 18.3 Å². The van der Waals surface area contributed by atoms with Gasteiger partial charge in [0.15, 0.2) is 0 Å². The van der Waals surface area contributed by atoms with Gasteiger partial charge in [-0.05, 0) is 60.2 Å². The van der Waals surface area contributed by atoms with Crippen LogP contribution in [-0.2, 0) is 12.8 Å². The maximum absolute atomic E-state index is 6.22.